The summed E-state index contributed by atoms with van der Waals surface area (Å²) >= 11 is 0. The molecule has 0 amide bonds. The highest BCUT2D eigenvalue weighted by Crippen LogP contribution is 2.24. The van der Waals surface area contributed by atoms with Crippen molar-refractivity contribution in [2.75, 3.05) is 26.0 Å². The smallest absolute Gasteiger partial charge is 0.227 e. The van der Waals surface area contributed by atoms with Gasteiger partial charge in [0.1, 0.15) is 0 Å². The molecule has 2 fully saturated rings. The van der Waals surface area contributed by atoms with E-state index in [4.69, 9.17) is 4.74 Å². The lowest BCUT2D eigenvalue weighted by Crippen LogP contribution is -2.36. The topological polar surface area (TPSA) is 81.5 Å². The van der Waals surface area contributed by atoms with Gasteiger partial charge in [-0.3, -0.25) is 9.69 Å². The second kappa shape index (κ2) is 8.99. The maximum Gasteiger partial charge on any atom is 0.227 e. The Hall–Kier alpha value is -2.03. The van der Waals surface area contributed by atoms with Gasteiger partial charge in [0, 0.05) is 30.9 Å². The van der Waals surface area contributed by atoms with Gasteiger partial charge in [0.25, 0.3) is 0 Å². The number of likely N-dealkylation sites (tertiary alicyclic amines) is 1. The lowest BCUT2D eigenvalue weighted by molar-refractivity contribution is 0.0822. The normalized spacial score (nSPS) is 21.2. The average molecular weight is 432 g/mol. The summed E-state index contributed by atoms with van der Waals surface area (Å²) in [6.07, 6.45) is 6.48. The molecule has 162 valence electrons. The zero-order chi connectivity index (χ0) is 21.1. The molecule has 0 aliphatic carbocycles. The molecule has 2 saturated heterocycles. The summed E-state index contributed by atoms with van der Waals surface area (Å²) in [4.78, 5) is 19.2. The molecule has 0 bridgehead atoms. The number of hydrogen-bond acceptors (Lipinski definition) is 6. The van der Waals surface area contributed by atoms with Gasteiger partial charge in [0.05, 0.1) is 24.5 Å². The molecular weight excluding hydrogens is 402 g/mol. The fourth-order valence-electron chi connectivity index (χ4n) is 4.42. The van der Waals surface area contributed by atoms with Crippen LogP contribution in [0.1, 0.15) is 41.7 Å². The molecule has 1 aromatic heterocycles. The van der Waals surface area contributed by atoms with Crippen LogP contribution in [0.5, 0.6) is 0 Å². The Labute approximate surface area is 178 Å². The van der Waals surface area contributed by atoms with E-state index in [9.17, 15) is 13.2 Å². The van der Waals surface area contributed by atoms with Gasteiger partial charge in [0.15, 0.2) is 5.78 Å². The van der Waals surface area contributed by atoms with E-state index >= 15 is 0 Å². The first-order chi connectivity index (χ1) is 14.4. The fraction of sp³-hybridized carbons (Fsp3) is 0.545. The maximum atomic E-state index is 12.7. The highest BCUT2D eigenvalue weighted by Gasteiger charge is 2.28. The Bertz CT molecular complexity index is 973. The number of piperidine rings is 1. The summed E-state index contributed by atoms with van der Waals surface area (Å²) in [5.41, 5.74) is 1.67. The van der Waals surface area contributed by atoms with E-state index in [0.29, 0.717) is 13.1 Å². The molecule has 2 aliphatic rings. The number of sulfone groups is 1. The molecular formula is C22H29N3O4S. The van der Waals surface area contributed by atoms with Gasteiger partial charge in [-0.05, 0) is 38.8 Å². The van der Waals surface area contributed by atoms with Gasteiger partial charge in [-0.15, -0.1) is 0 Å². The number of rotatable bonds is 7. The number of ether oxygens (including phenoxy) is 1. The number of aromatic nitrogens is 2. The lowest BCUT2D eigenvalue weighted by atomic mass is 9.89. The van der Waals surface area contributed by atoms with Crippen molar-refractivity contribution < 1.29 is 17.9 Å². The quantitative estimate of drug-likeness (QED) is 0.627. The number of nitrogens with zero attached hydrogens (tertiary/aromatic N) is 3. The van der Waals surface area contributed by atoms with E-state index in [1.165, 1.54) is 6.26 Å². The molecule has 0 N–H and O–H groups in total. The fourth-order valence-corrected chi connectivity index (χ4v) is 5.26. The number of ketones is 1. The van der Waals surface area contributed by atoms with Crippen LogP contribution in [0.2, 0.25) is 0 Å². The summed E-state index contributed by atoms with van der Waals surface area (Å²) in [6.45, 7) is 3.49. The summed E-state index contributed by atoms with van der Waals surface area (Å²) in [5.74, 6) is 0.269. The van der Waals surface area contributed by atoms with Crippen molar-refractivity contribution in [3.05, 3.63) is 47.8 Å². The Kier molecular flexibility index (Phi) is 6.36. The largest absolute Gasteiger partial charge is 0.376 e. The van der Waals surface area contributed by atoms with Crippen LogP contribution in [-0.2, 0) is 27.7 Å². The number of carbonyl (C=O) groups is 1. The van der Waals surface area contributed by atoms with Crippen molar-refractivity contribution in [1.29, 1.82) is 0 Å². The van der Waals surface area contributed by atoms with E-state index < -0.39 is 9.84 Å². The van der Waals surface area contributed by atoms with Crippen molar-refractivity contribution in [2.45, 2.75) is 50.0 Å². The van der Waals surface area contributed by atoms with Gasteiger partial charge < -0.3 is 9.30 Å². The lowest BCUT2D eigenvalue weighted by Gasteiger charge is -2.31. The second-order valence-electron chi connectivity index (χ2n) is 8.33. The minimum atomic E-state index is -3.41. The molecule has 2 aromatic rings. The van der Waals surface area contributed by atoms with E-state index in [1.807, 2.05) is 34.9 Å². The summed E-state index contributed by atoms with van der Waals surface area (Å²) < 4.78 is 32.0. The van der Waals surface area contributed by atoms with Crippen LogP contribution in [0.15, 0.2) is 41.7 Å². The van der Waals surface area contributed by atoms with Gasteiger partial charge in [-0.2, -0.15) is 0 Å². The highest BCUT2D eigenvalue weighted by atomic mass is 32.2. The van der Waals surface area contributed by atoms with E-state index in [0.717, 1.165) is 56.6 Å². The highest BCUT2D eigenvalue weighted by molar-refractivity contribution is 7.90. The van der Waals surface area contributed by atoms with Crippen LogP contribution in [0.4, 0.5) is 0 Å². The van der Waals surface area contributed by atoms with Crippen molar-refractivity contribution in [3.8, 4) is 0 Å². The van der Waals surface area contributed by atoms with Crippen LogP contribution < -0.4 is 0 Å². The molecule has 7 nitrogen and oxygen atoms in total. The summed E-state index contributed by atoms with van der Waals surface area (Å²) in [6, 6.07) is 9.48. The Morgan fingerprint density at radius 3 is 2.53 bits per heavy atom. The number of carbonyl (C=O) groups excluding carboxylic acids is 1. The molecule has 1 unspecified atom stereocenters. The van der Waals surface area contributed by atoms with Gasteiger partial charge in [-0.25, -0.2) is 13.4 Å². The van der Waals surface area contributed by atoms with Crippen molar-refractivity contribution >= 4 is 15.6 Å². The molecule has 1 atom stereocenters. The van der Waals surface area contributed by atoms with Crippen molar-refractivity contribution in [2.24, 2.45) is 5.92 Å². The third kappa shape index (κ3) is 4.82. The second-order valence-corrected chi connectivity index (χ2v) is 10.2. The van der Waals surface area contributed by atoms with Crippen LogP contribution >= 0.6 is 0 Å². The van der Waals surface area contributed by atoms with Crippen LogP contribution in [-0.4, -0.2) is 60.7 Å². The molecule has 0 spiro atoms. The van der Waals surface area contributed by atoms with Gasteiger partial charge >= 0.3 is 0 Å². The van der Waals surface area contributed by atoms with Crippen LogP contribution in [0.25, 0.3) is 0 Å². The molecule has 0 saturated carbocycles. The number of imidazole rings is 1. The van der Waals surface area contributed by atoms with E-state index in [1.54, 1.807) is 6.20 Å². The van der Waals surface area contributed by atoms with E-state index in [-0.39, 0.29) is 23.0 Å². The molecule has 4 rings (SSSR count). The van der Waals surface area contributed by atoms with Gasteiger partial charge in [-0.1, -0.05) is 30.3 Å². The minimum absolute atomic E-state index is 0.0349. The first-order valence-corrected chi connectivity index (χ1v) is 12.5. The zero-order valence-corrected chi connectivity index (χ0v) is 18.2. The Balaban J connectivity index is 1.42. The Morgan fingerprint density at radius 2 is 1.90 bits per heavy atom. The van der Waals surface area contributed by atoms with Crippen molar-refractivity contribution in [3.63, 3.8) is 0 Å². The number of Topliss-reactive ketones (excluding diaryl/α,β-unsaturated/α-hetero) is 1. The molecule has 8 heteroatoms. The van der Waals surface area contributed by atoms with Crippen LogP contribution in [0.3, 0.4) is 0 Å². The first kappa shape index (κ1) is 21.2. The standard InChI is InChI=1S/C22H29N3O4S/c1-30(27,28)22-23-14-19(25(22)16-20-8-5-13-29-20)15-24-11-9-18(10-12-24)21(26)17-6-3-2-4-7-17/h2-4,6-7,14,18,20H,5,8-13,15-16H2,1H3. The number of benzene rings is 1. The third-order valence-corrected chi connectivity index (χ3v) is 7.03. The maximum absolute atomic E-state index is 12.7. The average Bonchev–Trinajstić information content (AvgIpc) is 3.39. The molecule has 30 heavy (non-hydrogen) atoms. The third-order valence-electron chi connectivity index (χ3n) is 6.05. The minimum Gasteiger partial charge on any atom is -0.376 e. The summed E-state index contributed by atoms with van der Waals surface area (Å²) in [5, 5.41) is 0.113. The number of hydrogen-bond donors (Lipinski definition) is 0. The Morgan fingerprint density at radius 1 is 1.17 bits per heavy atom. The predicted molar refractivity (Wildman–Crippen MR) is 113 cm³/mol. The summed E-state index contributed by atoms with van der Waals surface area (Å²) in [7, 11) is -3.41. The first-order valence-electron chi connectivity index (χ1n) is 10.6. The molecule has 0 radical (unpaired) electrons. The molecule has 2 aliphatic heterocycles. The monoisotopic (exact) mass is 431 g/mol. The van der Waals surface area contributed by atoms with E-state index in [2.05, 4.69) is 9.88 Å². The molecule has 1 aromatic carbocycles. The molecule has 3 heterocycles. The zero-order valence-electron chi connectivity index (χ0n) is 17.4. The van der Waals surface area contributed by atoms with Crippen molar-refractivity contribution in [1.82, 2.24) is 14.5 Å². The van der Waals surface area contributed by atoms with Crippen LogP contribution in [0, 0.1) is 5.92 Å². The van der Waals surface area contributed by atoms with Gasteiger partial charge in [0.2, 0.25) is 15.0 Å². The predicted octanol–water partition coefficient (Wildman–Crippen LogP) is 2.56. The SMILES string of the molecule is CS(=O)(=O)c1ncc(CN2CCC(C(=O)c3ccccc3)CC2)n1CC1CCCO1.